The van der Waals surface area contributed by atoms with Crippen LogP contribution in [0.25, 0.3) is 0 Å². The number of esters is 1. The standard InChI is InChI=1S/C14H17N3O3S/c1-3-19-13(18)10-21-14-16-15-12(17(14)2)9-20-11-7-5-4-6-8-11/h4-8H,3,9-10H2,1-2H3. The Labute approximate surface area is 127 Å². The number of nitrogens with zero attached hydrogens (tertiary/aromatic N) is 3. The van der Waals surface area contributed by atoms with Crippen LogP contribution in [-0.2, 0) is 23.2 Å². The molecule has 2 rings (SSSR count). The maximum Gasteiger partial charge on any atom is 0.316 e. The molecule has 0 spiro atoms. The molecule has 1 heterocycles. The van der Waals surface area contributed by atoms with Gasteiger partial charge in [-0.25, -0.2) is 0 Å². The fourth-order valence-electron chi connectivity index (χ4n) is 1.59. The topological polar surface area (TPSA) is 66.2 Å². The van der Waals surface area contributed by atoms with Crippen molar-refractivity contribution in [3.05, 3.63) is 36.2 Å². The molecule has 0 unspecified atom stereocenters. The van der Waals surface area contributed by atoms with Crippen LogP contribution < -0.4 is 4.74 Å². The Bertz CT molecular complexity index is 586. The van der Waals surface area contributed by atoms with Crippen molar-refractivity contribution in [3.8, 4) is 5.75 Å². The summed E-state index contributed by atoms with van der Waals surface area (Å²) in [5, 5.41) is 8.78. The molecule has 0 aliphatic heterocycles. The summed E-state index contributed by atoms with van der Waals surface area (Å²) < 4.78 is 12.3. The lowest BCUT2D eigenvalue weighted by atomic mass is 10.3. The van der Waals surface area contributed by atoms with Crippen LogP contribution in [0.2, 0.25) is 0 Å². The van der Waals surface area contributed by atoms with E-state index >= 15 is 0 Å². The highest BCUT2D eigenvalue weighted by Crippen LogP contribution is 2.17. The van der Waals surface area contributed by atoms with E-state index in [9.17, 15) is 4.79 Å². The Morgan fingerprint density at radius 2 is 2.05 bits per heavy atom. The Hall–Kier alpha value is -2.02. The monoisotopic (exact) mass is 307 g/mol. The van der Waals surface area contributed by atoms with E-state index in [4.69, 9.17) is 9.47 Å². The molecule has 0 aliphatic rings. The lowest BCUT2D eigenvalue weighted by Crippen LogP contribution is -2.08. The van der Waals surface area contributed by atoms with Gasteiger partial charge in [-0.1, -0.05) is 30.0 Å². The fourth-order valence-corrected chi connectivity index (χ4v) is 2.32. The third-order valence-electron chi connectivity index (χ3n) is 2.66. The van der Waals surface area contributed by atoms with E-state index < -0.39 is 0 Å². The lowest BCUT2D eigenvalue weighted by molar-refractivity contribution is -0.139. The summed E-state index contributed by atoms with van der Waals surface area (Å²) in [4.78, 5) is 11.3. The Balaban J connectivity index is 1.89. The zero-order valence-electron chi connectivity index (χ0n) is 12.0. The molecule has 21 heavy (non-hydrogen) atoms. The van der Waals surface area contributed by atoms with Crippen LogP contribution in [0.3, 0.4) is 0 Å². The van der Waals surface area contributed by atoms with Gasteiger partial charge in [0.1, 0.15) is 12.4 Å². The predicted molar refractivity (Wildman–Crippen MR) is 79.1 cm³/mol. The van der Waals surface area contributed by atoms with Crippen molar-refractivity contribution in [2.45, 2.75) is 18.7 Å². The van der Waals surface area contributed by atoms with E-state index in [-0.39, 0.29) is 11.7 Å². The van der Waals surface area contributed by atoms with Crippen molar-refractivity contribution in [1.82, 2.24) is 14.8 Å². The zero-order chi connectivity index (χ0) is 15.1. The third-order valence-corrected chi connectivity index (χ3v) is 3.65. The molecule has 1 aromatic heterocycles. The first kappa shape index (κ1) is 15.4. The molecule has 2 aromatic rings. The van der Waals surface area contributed by atoms with E-state index in [1.165, 1.54) is 11.8 Å². The lowest BCUT2D eigenvalue weighted by Gasteiger charge is -2.06. The number of hydrogen-bond donors (Lipinski definition) is 0. The van der Waals surface area contributed by atoms with Crippen molar-refractivity contribution in [1.29, 1.82) is 0 Å². The fraction of sp³-hybridized carbons (Fsp3) is 0.357. The largest absolute Gasteiger partial charge is 0.486 e. The van der Waals surface area contributed by atoms with Gasteiger partial charge < -0.3 is 14.0 Å². The summed E-state index contributed by atoms with van der Waals surface area (Å²) >= 11 is 1.30. The molecule has 7 heteroatoms. The normalized spacial score (nSPS) is 10.4. The molecule has 112 valence electrons. The average Bonchev–Trinajstić information content (AvgIpc) is 2.85. The highest BCUT2D eigenvalue weighted by molar-refractivity contribution is 7.99. The maximum absolute atomic E-state index is 11.3. The van der Waals surface area contributed by atoms with Gasteiger partial charge in [-0.15, -0.1) is 10.2 Å². The number of carbonyl (C=O) groups is 1. The summed E-state index contributed by atoms with van der Waals surface area (Å²) in [6.07, 6.45) is 0. The molecule has 0 saturated carbocycles. The highest BCUT2D eigenvalue weighted by Gasteiger charge is 2.12. The number of hydrogen-bond acceptors (Lipinski definition) is 6. The number of ether oxygens (including phenoxy) is 2. The highest BCUT2D eigenvalue weighted by atomic mass is 32.2. The second-order valence-electron chi connectivity index (χ2n) is 4.15. The molecule has 0 atom stereocenters. The number of benzene rings is 1. The molecule has 6 nitrogen and oxygen atoms in total. The first-order valence-corrected chi connectivity index (χ1v) is 7.53. The zero-order valence-corrected chi connectivity index (χ0v) is 12.8. The van der Waals surface area contributed by atoms with Crippen molar-refractivity contribution < 1.29 is 14.3 Å². The minimum atomic E-state index is -0.257. The summed E-state index contributed by atoms with van der Waals surface area (Å²) in [5.74, 6) is 1.44. The van der Waals surface area contributed by atoms with E-state index in [0.29, 0.717) is 24.2 Å². The van der Waals surface area contributed by atoms with Gasteiger partial charge in [0, 0.05) is 7.05 Å². The van der Waals surface area contributed by atoms with Crippen LogP contribution in [0, 0.1) is 0 Å². The number of rotatable bonds is 7. The van der Waals surface area contributed by atoms with Crippen LogP contribution in [0.4, 0.5) is 0 Å². The van der Waals surface area contributed by atoms with Crippen LogP contribution in [0.15, 0.2) is 35.5 Å². The summed E-state index contributed by atoms with van der Waals surface area (Å²) in [7, 11) is 1.84. The molecular formula is C14H17N3O3S. The SMILES string of the molecule is CCOC(=O)CSc1nnc(COc2ccccc2)n1C. The predicted octanol–water partition coefficient (Wildman–Crippen LogP) is 2.05. The van der Waals surface area contributed by atoms with E-state index in [2.05, 4.69) is 10.2 Å². The molecule has 0 N–H and O–H groups in total. The van der Waals surface area contributed by atoms with Crippen LogP contribution in [0.1, 0.15) is 12.7 Å². The molecule has 0 radical (unpaired) electrons. The second kappa shape index (κ2) is 7.68. The minimum Gasteiger partial charge on any atom is -0.486 e. The molecule has 0 aliphatic carbocycles. The number of thioether (sulfide) groups is 1. The smallest absolute Gasteiger partial charge is 0.316 e. The van der Waals surface area contributed by atoms with Crippen molar-refractivity contribution in [2.75, 3.05) is 12.4 Å². The summed E-state index contributed by atoms with van der Waals surface area (Å²) in [6, 6.07) is 9.51. The third kappa shape index (κ3) is 4.49. The van der Waals surface area contributed by atoms with Crippen molar-refractivity contribution >= 4 is 17.7 Å². The van der Waals surface area contributed by atoms with Gasteiger partial charge in [0.05, 0.1) is 12.4 Å². The van der Waals surface area contributed by atoms with Crippen LogP contribution in [-0.4, -0.2) is 33.1 Å². The molecule has 0 amide bonds. The molecule has 0 saturated heterocycles. The van der Waals surface area contributed by atoms with Gasteiger partial charge in [-0.3, -0.25) is 4.79 Å². The van der Waals surface area contributed by atoms with Gasteiger partial charge in [0.25, 0.3) is 0 Å². The Kier molecular flexibility index (Phi) is 5.62. The Morgan fingerprint density at radius 1 is 1.29 bits per heavy atom. The first-order chi connectivity index (χ1) is 10.2. The molecule has 0 fully saturated rings. The van der Waals surface area contributed by atoms with Gasteiger partial charge in [0.15, 0.2) is 11.0 Å². The van der Waals surface area contributed by atoms with Gasteiger partial charge in [0.2, 0.25) is 0 Å². The average molecular weight is 307 g/mol. The second-order valence-corrected chi connectivity index (χ2v) is 5.10. The molecule has 1 aromatic carbocycles. The Morgan fingerprint density at radius 3 is 2.76 bits per heavy atom. The van der Waals surface area contributed by atoms with Crippen LogP contribution >= 0.6 is 11.8 Å². The first-order valence-electron chi connectivity index (χ1n) is 6.55. The number of carbonyl (C=O) groups excluding carboxylic acids is 1. The van der Waals surface area contributed by atoms with Gasteiger partial charge >= 0.3 is 5.97 Å². The molecule has 0 bridgehead atoms. The quantitative estimate of drug-likeness (QED) is 0.576. The number of aromatic nitrogens is 3. The van der Waals surface area contributed by atoms with Crippen LogP contribution in [0.5, 0.6) is 5.75 Å². The van der Waals surface area contributed by atoms with Crippen molar-refractivity contribution in [3.63, 3.8) is 0 Å². The van der Waals surface area contributed by atoms with Gasteiger partial charge in [-0.2, -0.15) is 0 Å². The van der Waals surface area contributed by atoms with Gasteiger partial charge in [-0.05, 0) is 19.1 Å². The van der Waals surface area contributed by atoms with E-state index in [0.717, 1.165) is 5.75 Å². The van der Waals surface area contributed by atoms with E-state index in [1.54, 1.807) is 6.92 Å². The minimum absolute atomic E-state index is 0.222. The summed E-state index contributed by atoms with van der Waals surface area (Å²) in [6.45, 7) is 2.49. The molecular weight excluding hydrogens is 290 g/mol. The van der Waals surface area contributed by atoms with E-state index in [1.807, 2.05) is 41.9 Å². The van der Waals surface area contributed by atoms with Crippen molar-refractivity contribution in [2.24, 2.45) is 7.05 Å². The maximum atomic E-state index is 11.3. The number of para-hydroxylation sites is 1. The summed E-state index contributed by atoms with van der Waals surface area (Å²) in [5.41, 5.74) is 0.